The average Bonchev–Trinajstić information content (AvgIpc) is 2.21. The molecule has 0 bridgehead atoms. The maximum atomic E-state index is 11.6. The maximum absolute atomic E-state index is 11.6. The molecule has 4 heteroatoms. The van der Waals surface area contributed by atoms with Crippen LogP contribution in [0.3, 0.4) is 0 Å². The Morgan fingerprint density at radius 1 is 1.19 bits per heavy atom. The Morgan fingerprint density at radius 3 is 2.62 bits per heavy atom. The van der Waals surface area contributed by atoms with E-state index in [2.05, 4.69) is 0 Å². The van der Waals surface area contributed by atoms with E-state index in [0.29, 0.717) is 12.8 Å². The predicted octanol–water partition coefficient (Wildman–Crippen LogP) is 3.04. The molecule has 0 aromatic heterocycles. The first kappa shape index (κ1) is 13.9. The van der Waals surface area contributed by atoms with E-state index in [9.17, 15) is 9.59 Å². The average molecular weight is 338 g/mol. The molecule has 92 valence electrons. The molecule has 1 saturated heterocycles. The smallest absolute Gasteiger partial charge is 0.319 e. The van der Waals surface area contributed by atoms with Crippen LogP contribution in [-0.2, 0) is 14.3 Å². The largest absolute Gasteiger partial charge is 0.462 e. The summed E-state index contributed by atoms with van der Waals surface area (Å²) in [6.07, 6.45) is 6.14. The third kappa shape index (κ3) is 5.27. The van der Waals surface area contributed by atoms with Gasteiger partial charge in [0.25, 0.3) is 0 Å². The lowest BCUT2D eigenvalue weighted by Gasteiger charge is -2.16. The second-order valence-electron chi connectivity index (χ2n) is 4.41. The molecule has 0 saturated carbocycles. The van der Waals surface area contributed by atoms with Crippen LogP contribution in [0.1, 0.15) is 51.9 Å². The van der Waals surface area contributed by atoms with E-state index < -0.39 is 0 Å². The van der Waals surface area contributed by atoms with Crippen molar-refractivity contribution in [2.45, 2.75) is 61.9 Å². The SMILES string of the molecule is C[C@@H]1CCCCCCC(=O)CC(I)C(=O)O1. The highest BCUT2D eigenvalue weighted by Crippen LogP contribution is 2.17. The number of rotatable bonds is 0. The summed E-state index contributed by atoms with van der Waals surface area (Å²) in [4.78, 5) is 23.1. The van der Waals surface area contributed by atoms with Crippen LogP contribution in [0.25, 0.3) is 0 Å². The Bertz CT molecular complexity index is 253. The number of cyclic esters (lactones) is 1. The summed E-state index contributed by atoms with van der Waals surface area (Å²) in [5.41, 5.74) is 0. The van der Waals surface area contributed by atoms with Crippen molar-refractivity contribution in [3.05, 3.63) is 0 Å². The minimum atomic E-state index is -0.313. The Kier molecular flexibility index (Phi) is 6.31. The molecule has 1 rings (SSSR count). The van der Waals surface area contributed by atoms with Crippen LogP contribution in [-0.4, -0.2) is 21.8 Å². The molecule has 0 amide bonds. The van der Waals surface area contributed by atoms with Crippen molar-refractivity contribution >= 4 is 34.3 Å². The monoisotopic (exact) mass is 338 g/mol. The second-order valence-corrected chi connectivity index (χ2v) is 5.91. The van der Waals surface area contributed by atoms with Crippen molar-refractivity contribution in [3.63, 3.8) is 0 Å². The van der Waals surface area contributed by atoms with Gasteiger partial charge in [-0.1, -0.05) is 35.4 Å². The van der Waals surface area contributed by atoms with Crippen LogP contribution < -0.4 is 0 Å². The second kappa shape index (κ2) is 7.25. The van der Waals surface area contributed by atoms with Crippen LogP contribution in [0.15, 0.2) is 0 Å². The van der Waals surface area contributed by atoms with Crippen molar-refractivity contribution in [1.82, 2.24) is 0 Å². The first-order valence-corrected chi connectivity index (χ1v) is 7.20. The molecule has 1 aliphatic heterocycles. The van der Waals surface area contributed by atoms with E-state index in [4.69, 9.17) is 4.74 Å². The van der Waals surface area contributed by atoms with Gasteiger partial charge in [0.2, 0.25) is 0 Å². The fourth-order valence-electron chi connectivity index (χ4n) is 1.82. The van der Waals surface area contributed by atoms with Gasteiger partial charge >= 0.3 is 5.97 Å². The van der Waals surface area contributed by atoms with E-state index in [-0.39, 0.29) is 21.8 Å². The Labute approximate surface area is 110 Å². The van der Waals surface area contributed by atoms with Crippen molar-refractivity contribution in [3.8, 4) is 0 Å². The number of carbonyl (C=O) groups is 2. The molecule has 0 aromatic carbocycles. The third-order valence-electron chi connectivity index (χ3n) is 2.80. The first-order valence-electron chi connectivity index (χ1n) is 5.96. The standard InChI is InChI=1S/C12H19IO3/c1-9-6-4-2-3-5-7-10(14)8-11(13)12(15)16-9/h9,11H,2-8H2,1H3/t9-,11?/m1/s1. The summed E-state index contributed by atoms with van der Waals surface area (Å²) in [6.45, 7) is 1.93. The molecule has 0 aliphatic carbocycles. The minimum Gasteiger partial charge on any atom is -0.462 e. The molecule has 1 fully saturated rings. The molecule has 1 unspecified atom stereocenters. The summed E-state index contributed by atoms with van der Waals surface area (Å²) in [6, 6.07) is 0. The number of esters is 1. The summed E-state index contributed by atoms with van der Waals surface area (Å²) in [7, 11) is 0. The minimum absolute atomic E-state index is 0.0145. The number of ketones is 1. The molecule has 3 nitrogen and oxygen atoms in total. The number of halogens is 1. The van der Waals surface area contributed by atoms with Gasteiger partial charge < -0.3 is 4.74 Å². The molecule has 0 N–H and O–H groups in total. The van der Waals surface area contributed by atoms with E-state index in [1.165, 1.54) is 0 Å². The zero-order chi connectivity index (χ0) is 12.0. The van der Waals surface area contributed by atoms with Gasteiger partial charge in [-0.2, -0.15) is 0 Å². The number of hydrogen-bond donors (Lipinski definition) is 0. The number of hydrogen-bond acceptors (Lipinski definition) is 3. The van der Waals surface area contributed by atoms with E-state index >= 15 is 0 Å². The quantitative estimate of drug-likeness (QED) is 0.387. The number of Topliss-reactive ketones (excluding diaryl/α,β-unsaturated/α-hetero) is 1. The number of ether oxygens (including phenoxy) is 1. The van der Waals surface area contributed by atoms with Gasteiger partial charge in [-0.05, 0) is 26.2 Å². The van der Waals surface area contributed by atoms with Crippen LogP contribution in [0.5, 0.6) is 0 Å². The highest BCUT2D eigenvalue weighted by Gasteiger charge is 2.22. The molecular formula is C12H19IO3. The highest BCUT2D eigenvalue weighted by atomic mass is 127. The van der Waals surface area contributed by atoms with Gasteiger partial charge in [0.1, 0.15) is 9.71 Å². The van der Waals surface area contributed by atoms with Gasteiger partial charge in [0, 0.05) is 12.8 Å². The lowest BCUT2D eigenvalue weighted by Crippen LogP contribution is -2.25. The summed E-state index contributed by atoms with van der Waals surface area (Å²) >= 11 is 2.01. The van der Waals surface area contributed by atoms with E-state index in [1.807, 2.05) is 29.5 Å². The lowest BCUT2D eigenvalue weighted by molar-refractivity contribution is -0.148. The molecule has 0 radical (unpaired) electrons. The normalized spacial score (nSPS) is 30.1. The fraction of sp³-hybridized carbons (Fsp3) is 0.833. The highest BCUT2D eigenvalue weighted by molar-refractivity contribution is 14.1. The van der Waals surface area contributed by atoms with Crippen LogP contribution in [0, 0.1) is 0 Å². The molecule has 1 heterocycles. The molecular weight excluding hydrogens is 319 g/mol. The Balaban J connectivity index is 2.51. The topological polar surface area (TPSA) is 43.4 Å². The molecule has 0 aromatic rings. The van der Waals surface area contributed by atoms with Gasteiger partial charge in [0.15, 0.2) is 0 Å². The third-order valence-corrected chi connectivity index (χ3v) is 3.75. The Morgan fingerprint density at radius 2 is 1.88 bits per heavy atom. The van der Waals surface area contributed by atoms with Crippen molar-refractivity contribution in [2.75, 3.05) is 0 Å². The molecule has 0 spiro atoms. The van der Waals surface area contributed by atoms with Crippen molar-refractivity contribution < 1.29 is 14.3 Å². The number of carbonyl (C=O) groups excluding carboxylic acids is 2. The van der Waals surface area contributed by atoms with E-state index in [1.54, 1.807) is 0 Å². The van der Waals surface area contributed by atoms with Crippen LogP contribution in [0.4, 0.5) is 0 Å². The van der Waals surface area contributed by atoms with Gasteiger partial charge in [0.05, 0.1) is 6.10 Å². The Hall–Kier alpha value is -0.130. The first-order chi connectivity index (χ1) is 7.59. The summed E-state index contributed by atoms with van der Waals surface area (Å²) < 4.78 is 4.97. The van der Waals surface area contributed by atoms with Crippen LogP contribution >= 0.6 is 22.6 Å². The predicted molar refractivity (Wildman–Crippen MR) is 70.7 cm³/mol. The zero-order valence-electron chi connectivity index (χ0n) is 9.71. The summed E-state index contributed by atoms with van der Waals surface area (Å²) in [5, 5.41) is 0. The van der Waals surface area contributed by atoms with Crippen LogP contribution in [0.2, 0.25) is 0 Å². The van der Waals surface area contributed by atoms with Crippen molar-refractivity contribution in [1.29, 1.82) is 0 Å². The van der Waals surface area contributed by atoms with Gasteiger partial charge in [-0.15, -0.1) is 0 Å². The molecule has 16 heavy (non-hydrogen) atoms. The van der Waals surface area contributed by atoms with Gasteiger partial charge in [-0.3, -0.25) is 9.59 Å². The molecule has 2 atom stereocenters. The molecule has 1 aliphatic rings. The fourth-order valence-corrected chi connectivity index (χ4v) is 2.46. The lowest BCUT2D eigenvalue weighted by atomic mass is 10.0. The van der Waals surface area contributed by atoms with Crippen molar-refractivity contribution in [2.24, 2.45) is 0 Å². The van der Waals surface area contributed by atoms with Gasteiger partial charge in [-0.25, -0.2) is 0 Å². The summed E-state index contributed by atoms with van der Waals surface area (Å²) in [5.74, 6) is -0.0494. The zero-order valence-corrected chi connectivity index (χ0v) is 11.9. The van der Waals surface area contributed by atoms with E-state index in [0.717, 1.165) is 32.1 Å². The number of alkyl halides is 1. The maximum Gasteiger partial charge on any atom is 0.319 e.